The number of nitrogens with zero attached hydrogens (tertiary/aromatic N) is 1. The van der Waals surface area contributed by atoms with E-state index >= 15 is 0 Å². The lowest BCUT2D eigenvalue weighted by Crippen LogP contribution is -2.14. The van der Waals surface area contributed by atoms with E-state index < -0.39 is 0 Å². The monoisotopic (exact) mass is 249 g/mol. The first-order valence-corrected chi connectivity index (χ1v) is 6.71. The van der Waals surface area contributed by atoms with Gasteiger partial charge in [-0.05, 0) is 30.0 Å². The van der Waals surface area contributed by atoms with Gasteiger partial charge in [-0.15, -0.1) is 0 Å². The summed E-state index contributed by atoms with van der Waals surface area (Å²) in [5.41, 5.74) is 6.26. The van der Waals surface area contributed by atoms with Gasteiger partial charge in [-0.3, -0.25) is 0 Å². The minimum Gasteiger partial charge on any atom is -0.387 e. The Hall–Kier alpha value is -2.09. The summed E-state index contributed by atoms with van der Waals surface area (Å²) in [6.07, 6.45) is 1.15. The maximum Gasteiger partial charge on any atom is 0.161 e. The fourth-order valence-electron chi connectivity index (χ4n) is 3.10. The van der Waals surface area contributed by atoms with Crippen LogP contribution in [0.1, 0.15) is 28.4 Å². The third-order valence-electron chi connectivity index (χ3n) is 4.13. The van der Waals surface area contributed by atoms with Gasteiger partial charge in [-0.1, -0.05) is 59.3 Å². The molecule has 0 unspecified atom stereocenters. The van der Waals surface area contributed by atoms with Crippen molar-refractivity contribution in [2.75, 3.05) is 0 Å². The zero-order chi connectivity index (χ0) is 12.8. The fraction of sp³-hybridized carbons (Fsp3) is 0.235. The van der Waals surface area contributed by atoms with Gasteiger partial charge in [0.2, 0.25) is 0 Å². The molecule has 0 saturated heterocycles. The summed E-state index contributed by atoms with van der Waals surface area (Å²) < 4.78 is 0. The normalized spacial score (nSPS) is 23.5. The zero-order valence-electron chi connectivity index (χ0n) is 10.8. The molecule has 1 aliphatic heterocycles. The Morgan fingerprint density at radius 3 is 2.68 bits per heavy atom. The van der Waals surface area contributed by atoms with E-state index in [-0.39, 0.29) is 6.10 Å². The number of rotatable bonds is 1. The van der Waals surface area contributed by atoms with Gasteiger partial charge < -0.3 is 4.84 Å². The largest absolute Gasteiger partial charge is 0.387 e. The van der Waals surface area contributed by atoms with Crippen LogP contribution >= 0.6 is 0 Å². The molecule has 0 saturated carbocycles. The van der Waals surface area contributed by atoms with Gasteiger partial charge in [-0.25, -0.2) is 0 Å². The second-order valence-electron chi connectivity index (χ2n) is 5.38. The number of fused-ring (bicyclic) bond motifs is 3. The van der Waals surface area contributed by atoms with Crippen molar-refractivity contribution in [3.8, 4) is 0 Å². The Bertz CT molecular complexity index is 657. The highest BCUT2D eigenvalue weighted by Crippen LogP contribution is 2.44. The molecule has 2 nitrogen and oxygen atoms in total. The van der Waals surface area contributed by atoms with Crippen LogP contribution < -0.4 is 0 Å². The quantitative estimate of drug-likeness (QED) is 0.756. The van der Waals surface area contributed by atoms with Crippen LogP contribution in [0.15, 0.2) is 53.7 Å². The van der Waals surface area contributed by atoms with Gasteiger partial charge in [-0.2, -0.15) is 0 Å². The average Bonchev–Trinajstić information content (AvgIpc) is 2.98. The molecular weight excluding hydrogens is 234 g/mol. The molecule has 19 heavy (non-hydrogen) atoms. The molecule has 0 amide bonds. The highest BCUT2D eigenvalue weighted by atomic mass is 16.6. The van der Waals surface area contributed by atoms with Crippen molar-refractivity contribution < 1.29 is 4.84 Å². The Morgan fingerprint density at radius 2 is 1.84 bits per heavy atom. The molecule has 2 heteroatoms. The van der Waals surface area contributed by atoms with Crippen LogP contribution in [0.25, 0.3) is 0 Å². The molecule has 2 aliphatic rings. The van der Waals surface area contributed by atoms with E-state index in [2.05, 4.69) is 60.6 Å². The van der Waals surface area contributed by atoms with Crippen molar-refractivity contribution in [1.82, 2.24) is 0 Å². The fourth-order valence-corrected chi connectivity index (χ4v) is 3.10. The summed E-state index contributed by atoms with van der Waals surface area (Å²) in [6.45, 7) is 2.10. The molecule has 2 aromatic carbocycles. The van der Waals surface area contributed by atoms with Crippen LogP contribution in [0.5, 0.6) is 0 Å². The van der Waals surface area contributed by atoms with Gasteiger partial charge >= 0.3 is 0 Å². The zero-order valence-corrected chi connectivity index (χ0v) is 10.8. The predicted molar refractivity (Wildman–Crippen MR) is 75.2 cm³/mol. The Balaban J connectivity index is 1.70. The number of benzene rings is 2. The van der Waals surface area contributed by atoms with Crippen molar-refractivity contribution in [1.29, 1.82) is 0 Å². The Kier molecular flexibility index (Phi) is 2.25. The topological polar surface area (TPSA) is 21.6 Å². The number of hydrogen-bond donors (Lipinski definition) is 0. The van der Waals surface area contributed by atoms with Crippen LogP contribution in [0, 0.1) is 12.8 Å². The average molecular weight is 249 g/mol. The number of aryl methyl sites for hydroxylation is 1. The van der Waals surface area contributed by atoms with Gasteiger partial charge in [0.25, 0.3) is 0 Å². The van der Waals surface area contributed by atoms with E-state index in [4.69, 9.17) is 4.84 Å². The van der Waals surface area contributed by atoms with E-state index in [1.54, 1.807) is 0 Å². The van der Waals surface area contributed by atoms with Gasteiger partial charge in [0.15, 0.2) is 6.10 Å². The lowest BCUT2D eigenvalue weighted by atomic mass is 9.92. The first-order valence-electron chi connectivity index (χ1n) is 6.71. The summed E-state index contributed by atoms with van der Waals surface area (Å²) >= 11 is 0. The smallest absolute Gasteiger partial charge is 0.161 e. The molecule has 0 N–H and O–H groups in total. The summed E-state index contributed by atoms with van der Waals surface area (Å²) in [5, 5.41) is 4.34. The highest BCUT2D eigenvalue weighted by Gasteiger charge is 2.42. The lowest BCUT2D eigenvalue weighted by molar-refractivity contribution is 0.0697. The van der Waals surface area contributed by atoms with Crippen molar-refractivity contribution in [2.24, 2.45) is 11.1 Å². The molecule has 0 aromatic heterocycles. The maximum atomic E-state index is 5.69. The molecule has 0 fully saturated rings. The predicted octanol–water partition coefficient (Wildman–Crippen LogP) is 3.64. The van der Waals surface area contributed by atoms with Crippen LogP contribution in [-0.4, -0.2) is 5.71 Å². The molecule has 0 radical (unpaired) electrons. The summed E-state index contributed by atoms with van der Waals surface area (Å²) in [4.78, 5) is 5.69. The third kappa shape index (κ3) is 1.60. The highest BCUT2D eigenvalue weighted by molar-refractivity contribution is 6.03. The molecule has 4 rings (SSSR count). The van der Waals surface area contributed by atoms with Crippen molar-refractivity contribution in [3.63, 3.8) is 0 Å². The maximum absolute atomic E-state index is 5.69. The van der Waals surface area contributed by atoms with Crippen LogP contribution in [0.4, 0.5) is 0 Å². The van der Waals surface area contributed by atoms with Gasteiger partial charge in [0.1, 0.15) is 0 Å². The molecule has 0 spiro atoms. The van der Waals surface area contributed by atoms with E-state index in [1.165, 1.54) is 22.3 Å². The first-order chi connectivity index (χ1) is 9.33. The van der Waals surface area contributed by atoms with Crippen molar-refractivity contribution in [3.05, 3.63) is 70.8 Å². The SMILES string of the molecule is Cc1ccc(C2=NO[C@@H]3c4ccccc4C[C@H]23)cc1. The summed E-state index contributed by atoms with van der Waals surface area (Å²) in [7, 11) is 0. The van der Waals surface area contributed by atoms with E-state index in [0.717, 1.165) is 12.1 Å². The van der Waals surface area contributed by atoms with Crippen molar-refractivity contribution >= 4 is 5.71 Å². The second kappa shape index (κ2) is 3.95. The molecule has 2 atom stereocenters. The molecule has 94 valence electrons. The van der Waals surface area contributed by atoms with Crippen LogP contribution in [0.2, 0.25) is 0 Å². The van der Waals surface area contributed by atoms with Gasteiger partial charge in [0, 0.05) is 0 Å². The minimum atomic E-state index is 0.118. The molecule has 0 bridgehead atoms. The van der Waals surface area contributed by atoms with Gasteiger partial charge in [0.05, 0.1) is 11.6 Å². The van der Waals surface area contributed by atoms with Crippen LogP contribution in [-0.2, 0) is 11.3 Å². The van der Waals surface area contributed by atoms with Crippen LogP contribution in [0.3, 0.4) is 0 Å². The molecule has 1 aliphatic carbocycles. The van der Waals surface area contributed by atoms with Crippen molar-refractivity contribution in [2.45, 2.75) is 19.4 Å². The Labute approximate surface area is 112 Å². The second-order valence-corrected chi connectivity index (χ2v) is 5.38. The first kappa shape index (κ1) is 10.8. The third-order valence-corrected chi connectivity index (χ3v) is 4.13. The lowest BCUT2D eigenvalue weighted by Gasteiger charge is -2.09. The molecule has 1 heterocycles. The van der Waals surface area contributed by atoms with E-state index in [1.807, 2.05) is 0 Å². The molecule has 2 aromatic rings. The number of hydrogen-bond acceptors (Lipinski definition) is 2. The van der Waals surface area contributed by atoms with E-state index in [0.29, 0.717) is 5.92 Å². The number of oxime groups is 1. The summed E-state index contributed by atoms with van der Waals surface area (Å²) in [6, 6.07) is 17.1. The molecular formula is C17H15NO. The minimum absolute atomic E-state index is 0.118. The summed E-state index contributed by atoms with van der Waals surface area (Å²) in [5.74, 6) is 0.375. The standard InChI is InChI=1S/C17H15NO/c1-11-6-8-12(9-7-11)16-15-10-13-4-2-3-5-14(13)17(15)19-18-16/h2-9,15,17H,10H2,1H3/t15-,17-/m1/s1. The van der Waals surface area contributed by atoms with E-state index in [9.17, 15) is 0 Å². The Morgan fingerprint density at radius 1 is 1.05 bits per heavy atom.